The van der Waals surface area contributed by atoms with Gasteiger partial charge < -0.3 is 37.6 Å². The molecule has 8 N–H and O–H groups in total. The first-order valence-electron chi connectivity index (χ1n) is 15.0. The molecule has 12 heteroatoms. The fraction of sp³-hybridized carbons (Fsp3) is 0.406. The third kappa shape index (κ3) is 8.59. The van der Waals surface area contributed by atoms with Gasteiger partial charge in [-0.3, -0.25) is 24.2 Å². The number of rotatable bonds is 14. The third-order valence-corrected chi connectivity index (χ3v) is 7.77. The largest absolute Gasteiger partial charge is 0.342 e. The number of aryl methyl sites for hydroxylation is 1. The number of amides is 4. The predicted octanol–water partition coefficient (Wildman–Crippen LogP) is 0.745. The highest BCUT2D eigenvalue weighted by atomic mass is 16.2. The standard InChI is InChI=1S/C32H42N8O4/c33-14-18-39(19-15-34)29(41)21-25(35)32(44)40-17-5-9-28(40)31(43)38-27(12-10-22-6-2-1-3-7-22)30(42)37-24-11-13-26-23(20-24)8-4-16-36-26/h1-4,6-8,11,13,16,20,25,27-28H,5,9-10,12,14-15,17-19,21,33-35H2,(H,37,42)(H,38,43). The van der Waals surface area contributed by atoms with Crippen molar-refractivity contribution in [3.8, 4) is 0 Å². The van der Waals surface area contributed by atoms with E-state index in [1.807, 2.05) is 54.6 Å². The van der Waals surface area contributed by atoms with Crippen molar-refractivity contribution < 1.29 is 19.2 Å². The number of nitrogens with zero attached hydrogens (tertiary/aromatic N) is 3. The van der Waals surface area contributed by atoms with Crippen molar-refractivity contribution >= 4 is 40.2 Å². The molecule has 1 aliphatic rings. The highest BCUT2D eigenvalue weighted by molar-refractivity contribution is 6.00. The number of nitrogens with two attached hydrogens (primary N) is 3. The number of fused-ring (bicyclic) bond motifs is 1. The normalized spacial score (nSPS) is 15.9. The summed E-state index contributed by atoms with van der Waals surface area (Å²) >= 11 is 0. The van der Waals surface area contributed by atoms with Crippen molar-refractivity contribution in [1.29, 1.82) is 0 Å². The number of carbonyl (C=O) groups excluding carboxylic acids is 4. The van der Waals surface area contributed by atoms with E-state index in [1.165, 1.54) is 9.80 Å². The zero-order chi connectivity index (χ0) is 31.5. The summed E-state index contributed by atoms with van der Waals surface area (Å²) in [4.78, 5) is 60.4. The van der Waals surface area contributed by atoms with Crippen molar-refractivity contribution in [2.75, 3.05) is 38.0 Å². The van der Waals surface area contributed by atoms with Crippen LogP contribution in [-0.4, -0.2) is 89.3 Å². The van der Waals surface area contributed by atoms with Crippen LogP contribution in [-0.2, 0) is 25.6 Å². The van der Waals surface area contributed by atoms with Gasteiger partial charge in [0, 0.05) is 50.0 Å². The molecule has 234 valence electrons. The minimum absolute atomic E-state index is 0.215. The third-order valence-electron chi connectivity index (χ3n) is 7.77. The van der Waals surface area contributed by atoms with Crippen molar-refractivity contribution in [2.45, 2.75) is 50.2 Å². The summed E-state index contributed by atoms with van der Waals surface area (Å²) in [5, 5.41) is 6.71. The van der Waals surface area contributed by atoms with Crippen molar-refractivity contribution in [2.24, 2.45) is 17.2 Å². The minimum Gasteiger partial charge on any atom is -0.342 e. The van der Waals surface area contributed by atoms with Gasteiger partial charge in [-0.2, -0.15) is 0 Å². The Hall–Kier alpha value is -4.39. The monoisotopic (exact) mass is 602 g/mol. The summed E-state index contributed by atoms with van der Waals surface area (Å²) in [7, 11) is 0. The summed E-state index contributed by atoms with van der Waals surface area (Å²) in [5.74, 6) is -1.59. The molecule has 0 bridgehead atoms. The maximum Gasteiger partial charge on any atom is 0.246 e. The molecular formula is C32H42N8O4. The van der Waals surface area contributed by atoms with Gasteiger partial charge in [-0.05, 0) is 55.5 Å². The molecule has 0 radical (unpaired) electrons. The lowest BCUT2D eigenvalue weighted by molar-refractivity contribution is -0.142. The van der Waals surface area contributed by atoms with E-state index in [1.54, 1.807) is 12.3 Å². The number of hydrogen-bond donors (Lipinski definition) is 5. The van der Waals surface area contributed by atoms with Crippen LogP contribution in [0.2, 0.25) is 0 Å². The van der Waals surface area contributed by atoms with E-state index in [2.05, 4.69) is 15.6 Å². The lowest BCUT2D eigenvalue weighted by atomic mass is 10.0. The number of hydrogen-bond acceptors (Lipinski definition) is 8. The Kier molecular flexibility index (Phi) is 11.8. The molecule has 4 amide bonds. The van der Waals surface area contributed by atoms with Crippen LogP contribution in [0.25, 0.3) is 10.9 Å². The van der Waals surface area contributed by atoms with Gasteiger partial charge in [-0.15, -0.1) is 0 Å². The fourth-order valence-electron chi connectivity index (χ4n) is 5.47. The van der Waals surface area contributed by atoms with Gasteiger partial charge in [-0.1, -0.05) is 36.4 Å². The Bertz CT molecular complexity index is 1430. The van der Waals surface area contributed by atoms with Gasteiger partial charge in [0.2, 0.25) is 23.6 Å². The first-order valence-corrected chi connectivity index (χ1v) is 15.0. The predicted molar refractivity (Wildman–Crippen MR) is 169 cm³/mol. The molecule has 44 heavy (non-hydrogen) atoms. The van der Waals surface area contributed by atoms with E-state index in [9.17, 15) is 19.2 Å². The van der Waals surface area contributed by atoms with Gasteiger partial charge in [-0.25, -0.2) is 0 Å². The second-order valence-corrected chi connectivity index (χ2v) is 10.9. The summed E-state index contributed by atoms with van der Waals surface area (Å²) < 4.78 is 0. The van der Waals surface area contributed by atoms with Crippen LogP contribution in [0.1, 0.15) is 31.2 Å². The molecule has 12 nitrogen and oxygen atoms in total. The molecule has 3 atom stereocenters. The molecule has 3 aromatic rings. The van der Waals surface area contributed by atoms with Gasteiger partial charge in [0.1, 0.15) is 12.1 Å². The molecule has 2 aromatic carbocycles. The number of pyridine rings is 1. The van der Waals surface area contributed by atoms with Gasteiger partial charge >= 0.3 is 0 Å². The van der Waals surface area contributed by atoms with Crippen LogP contribution in [0.15, 0.2) is 66.9 Å². The molecule has 3 unspecified atom stereocenters. The Morgan fingerprint density at radius 3 is 2.48 bits per heavy atom. The number of anilines is 1. The molecule has 2 heterocycles. The van der Waals surface area contributed by atoms with Crippen LogP contribution in [0.5, 0.6) is 0 Å². The average molecular weight is 603 g/mol. The average Bonchev–Trinajstić information content (AvgIpc) is 3.53. The smallest absolute Gasteiger partial charge is 0.246 e. The van der Waals surface area contributed by atoms with Crippen molar-refractivity contribution in [1.82, 2.24) is 20.1 Å². The van der Waals surface area contributed by atoms with Gasteiger partial charge in [0.05, 0.1) is 18.0 Å². The molecule has 1 aromatic heterocycles. The van der Waals surface area contributed by atoms with Gasteiger partial charge in [0.15, 0.2) is 0 Å². The Balaban J connectivity index is 1.44. The summed E-state index contributed by atoms with van der Waals surface area (Å²) in [5.41, 5.74) is 19.8. The molecule has 0 aliphatic carbocycles. The first-order chi connectivity index (χ1) is 21.3. The SMILES string of the molecule is NCCN(CCN)C(=O)CC(N)C(=O)N1CCCC1C(=O)NC(CCc1ccccc1)C(=O)Nc1ccc2ncccc2c1. The van der Waals surface area contributed by atoms with E-state index in [-0.39, 0.29) is 31.3 Å². The molecular weight excluding hydrogens is 560 g/mol. The topological polar surface area (TPSA) is 190 Å². The highest BCUT2D eigenvalue weighted by Gasteiger charge is 2.38. The maximum absolute atomic E-state index is 13.6. The summed E-state index contributed by atoms with van der Waals surface area (Å²) in [6.07, 6.45) is 3.42. The maximum atomic E-state index is 13.6. The Morgan fingerprint density at radius 1 is 1.00 bits per heavy atom. The lowest BCUT2D eigenvalue weighted by Gasteiger charge is -2.29. The molecule has 1 fully saturated rings. The second-order valence-electron chi connectivity index (χ2n) is 10.9. The molecule has 0 spiro atoms. The van der Waals surface area contributed by atoms with Crippen LogP contribution >= 0.6 is 0 Å². The fourth-order valence-corrected chi connectivity index (χ4v) is 5.47. The van der Waals surface area contributed by atoms with E-state index in [0.717, 1.165) is 16.5 Å². The van der Waals surface area contributed by atoms with Crippen molar-refractivity contribution in [3.05, 3.63) is 72.4 Å². The lowest BCUT2D eigenvalue weighted by Crippen LogP contribution is -2.55. The number of benzene rings is 2. The number of likely N-dealkylation sites (tertiary alicyclic amines) is 1. The van der Waals surface area contributed by atoms with E-state index >= 15 is 0 Å². The Morgan fingerprint density at radius 2 is 1.75 bits per heavy atom. The zero-order valence-corrected chi connectivity index (χ0v) is 24.9. The summed E-state index contributed by atoms with van der Waals surface area (Å²) in [6.45, 7) is 1.49. The second kappa shape index (κ2) is 15.9. The molecule has 4 rings (SSSR count). The quantitative estimate of drug-likeness (QED) is 0.179. The Labute approximate surface area is 257 Å². The minimum atomic E-state index is -1.12. The number of aromatic nitrogens is 1. The van der Waals surface area contributed by atoms with Gasteiger partial charge in [0.25, 0.3) is 0 Å². The van der Waals surface area contributed by atoms with Crippen molar-refractivity contribution in [3.63, 3.8) is 0 Å². The van der Waals surface area contributed by atoms with Crippen LogP contribution in [0.3, 0.4) is 0 Å². The molecule has 1 saturated heterocycles. The summed E-state index contributed by atoms with van der Waals surface area (Å²) in [6, 6.07) is 16.1. The zero-order valence-electron chi connectivity index (χ0n) is 24.9. The number of nitrogens with one attached hydrogen (secondary N) is 2. The first kappa shape index (κ1) is 32.5. The van der Waals surface area contributed by atoms with E-state index < -0.39 is 29.9 Å². The highest BCUT2D eigenvalue weighted by Crippen LogP contribution is 2.21. The van der Waals surface area contributed by atoms with E-state index in [0.29, 0.717) is 51.0 Å². The molecule has 1 aliphatic heterocycles. The van der Waals surface area contributed by atoms with E-state index in [4.69, 9.17) is 17.2 Å². The van der Waals surface area contributed by atoms with Crippen LogP contribution < -0.4 is 27.8 Å². The molecule has 0 saturated carbocycles. The van der Waals surface area contributed by atoms with Crippen LogP contribution in [0, 0.1) is 0 Å². The number of carbonyl (C=O) groups is 4. The van der Waals surface area contributed by atoms with Crippen LogP contribution in [0.4, 0.5) is 5.69 Å².